The zero-order valence-electron chi connectivity index (χ0n) is 8.81. The van der Waals surface area contributed by atoms with Gasteiger partial charge in [-0.2, -0.15) is 0 Å². The molecule has 2 heterocycles. The Balaban J connectivity index is 2.00. The van der Waals surface area contributed by atoms with Crippen LogP contribution in [0.15, 0.2) is 6.20 Å². The third-order valence-corrected chi connectivity index (χ3v) is 2.41. The highest BCUT2D eigenvalue weighted by atomic mass is 16.2. The molecule has 0 spiro atoms. The Bertz CT molecular complexity index is 348. The first kappa shape index (κ1) is 10.1. The zero-order chi connectivity index (χ0) is 10.7. The molecule has 1 aliphatic heterocycles. The molecule has 1 N–H and O–H groups in total. The van der Waals surface area contributed by atoms with Gasteiger partial charge >= 0.3 is 0 Å². The number of hydrogen-bond acceptors (Lipinski definition) is 4. The highest BCUT2D eigenvalue weighted by molar-refractivity contribution is 5.78. The lowest BCUT2D eigenvalue weighted by Crippen LogP contribution is -2.34. The van der Waals surface area contributed by atoms with Gasteiger partial charge in [0.15, 0.2) is 0 Å². The normalized spacial score (nSPS) is 17.9. The van der Waals surface area contributed by atoms with Crippen LogP contribution in [0.1, 0.15) is 12.1 Å². The van der Waals surface area contributed by atoms with Crippen molar-refractivity contribution in [2.45, 2.75) is 13.0 Å². The van der Waals surface area contributed by atoms with Crippen LogP contribution in [0.5, 0.6) is 0 Å². The summed E-state index contributed by atoms with van der Waals surface area (Å²) in [5, 5.41) is 10.9. The van der Waals surface area contributed by atoms with Crippen LogP contribution in [-0.2, 0) is 18.4 Å². The van der Waals surface area contributed by atoms with Crippen molar-refractivity contribution in [1.29, 1.82) is 0 Å². The molecule has 0 aliphatic carbocycles. The summed E-state index contributed by atoms with van der Waals surface area (Å²) in [5.41, 5.74) is 0.841. The summed E-state index contributed by atoms with van der Waals surface area (Å²) in [6, 6.07) is 0. The second kappa shape index (κ2) is 4.39. The minimum atomic E-state index is 0.137. The van der Waals surface area contributed by atoms with Crippen molar-refractivity contribution in [2.24, 2.45) is 7.05 Å². The summed E-state index contributed by atoms with van der Waals surface area (Å²) >= 11 is 0. The molecule has 15 heavy (non-hydrogen) atoms. The number of aryl methyl sites for hydroxylation is 1. The van der Waals surface area contributed by atoms with Crippen LogP contribution in [0.3, 0.4) is 0 Å². The molecule has 0 bridgehead atoms. The predicted octanol–water partition coefficient (Wildman–Crippen LogP) is -0.863. The SMILES string of the molecule is Cn1cc(CN2CCCNCC2=O)nn1. The first-order valence-corrected chi connectivity index (χ1v) is 5.09. The quantitative estimate of drug-likeness (QED) is 0.688. The molecular formula is C9H15N5O. The molecular weight excluding hydrogens is 194 g/mol. The van der Waals surface area contributed by atoms with Crippen LogP contribution in [0, 0.1) is 0 Å². The van der Waals surface area contributed by atoms with Crippen LogP contribution in [-0.4, -0.2) is 45.4 Å². The summed E-state index contributed by atoms with van der Waals surface area (Å²) in [5.74, 6) is 0.137. The monoisotopic (exact) mass is 209 g/mol. The number of nitrogens with one attached hydrogen (secondary N) is 1. The van der Waals surface area contributed by atoms with E-state index in [9.17, 15) is 4.79 Å². The van der Waals surface area contributed by atoms with E-state index in [2.05, 4.69) is 15.6 Å². The van der Waals surface area contributed by atoms with Gasteiger partial charge in [0.2, 0.25) is 5.91 Å². The summed E-state index contributed by atoms with van der Waals surface area (Å²) in [7, 11) is 1.82. The van der Waals surface area contributed by atoms with Gasteiger partial charge in [0, 0.05) is 19.8 Å². The van der Waals surface area contributed by atoms with Gasteiger partial charge < -0.3 is 10.2 Å². The van der Waals surface area contributed by atoms with Crippen LogP contribution < -0.4 is 5.32 Å². The molecule has 0 unspecified atom stereocenters. The van der Waals surface area contributed by atoms with Crippen LogP contribution in [0.4, 0.5) is 0 Å². The standard InChI is InChI=1S/C9H15N5O/c1-13-6-8(11-12-13)7-14-4-2-3-10-5-9(14)15/h6,10H,2-5,7H2,1H3. The Morgan fingerprint density at radius 2 is 2.47 bits per heavy atom. The van der Waals surface area contributed by atoms with E-state index in [1.807, 2.05) is 18.1 Å². The average molecular weight is 209 g/mol. The fraction of sp³-hybridized carbons (Fsp3) is 0.667. The number of aromatic nitrogens is 3. The maximum absolute atomic E-state index is 11.6. The minimum Gasteiger partial charge on any atom is -0.336 e. The molecule has 1 aromatic heterocycles. The number of nitrogens with zero attached hydrogens (tertiary/aromatic N) is 4. The minimum absolute atomic E-state index is 0.137. The largest absolute Gasteiger partial charge is 0.336 e. The number of carbonyl (C=O) groups is 1. The molecule has 1 aromatic rings. The van der Waals surface area contributed by atoms with Crippen molar-refractivity contribution in [3.63, 3.8) is 0 Å². The Morgan fingerprint density at radius 1 is 1.60 bits per heavy atom. The van der Waals surface area contributed by atoms with Crippen molar-refractivity contribution >= 4 is 5.91 Å². The van der Waals surface area contributed by atoms with Gasteiger partial charge in [-0.05, 0) is 13.0 Å². The first-order chi connectivity index (χ1) is 7.25. The lowest BCUT2D eigenvalue weighted by atomic mass is 10.3. The van der Waals surface area contributed by atoms with Gasteiger partial charge in [0.25, 0.3) is 0 Å². The molecule has 82 valence electrons. The van der Waals surface area contributed by atoms with Crippen molar-refractivity contribution in [2.75, 3.05) is 19.6 Å². The predicted molar refractivity (Wildman–Crippen MR) is 53.9 cm³/mol. The first-order valence-electron chi connectivity index (χ1n) is 5.09. The van der Waals surface area contributed by atoms with Gasteiger partial charge in [-0.1, -0.05) is 5.21 Å². The molecule has 2 rings (SSSR count). The molecule has 0 atom stereocenters. The molecule has 1 saturated heterocycles. The Kier molecular flexibility index (Phi) is 2.96. The fourth-order valence-corrected chi connectivity index (χ4v) is 1.66. The average Bonchev–Trinajstić information content (AvgIpc) is 2.50. The maximum atomic E-state index is 11.6. The van der Waals surface area contributed by atoms with Gasteiger partial charge in [0.05, 0.1) is 13.1 Å². The van der Waals surface area contributed by atoms with Gasteiger partial charge in [-0.15, -0.1) is 5.10 Å². The van der Waals surface area contributed by atoms with E-state index in [1.54, 1.807) is 4.68 Å². The summed E-state index contributed by atoms with van der Waals surface area (Å²) in [4.78, 5) is 13.5. The van der Waals surface area contributed by atoms with E-state index in [1.165, 1.54) is 0 Å². The van der Waals surface area contributed by atoms with Crippen LogP contribution >= 0.6 is 0 Å². The number of amides is 1. The molecule has 1 fully saturated rings. The van der Waals surface area contributed by atoms with Gasteiger partial charge in [0.1, 0.15) is 5.69 Å². The van der Waals surface area contributed by atoms with Gasteiger partial charge in [-0.25, -0.2) is 0 Å². The highest BCUT2D eigenvalue weighted by Crippen LogP contribution is 2.03. The third kappa shape index (κ3) is 2.53. The molecule has 0 aromatic carbocycles. The van der Waals surface area contributed by atoms with E-state index in [0.717, 1.165) is 25.2 Å². The number of carbonyl (C=O) groups excluding carboxylic acids is 1. The molecule has 6 nitrogen and oxygen atoms in total. The third-order valence-electron chi connectivity index (χ3n) is 2.41. The highest BCUT2D eigenvalue weighted by Gasteiger charge is 2.17. The van der Waals surface area contributed by atoms with E-state index in [4.69, 9.17) is 0 Å². The van der Waals surface area contributed by atoms with E-state index >= 15 is 0 Å². The van der Waals surface area contributed by atoms with Crippen LogP contribution in [0.2, 0.25) is 0 Å². The lowest BCUT2D eigenvalue weighted by molar-refractivity contribution is -0.130. The topological polar surface area (TPSA) is 63.0 Å². The van der Waals surface area contributed by atoms with E-state index in [-0.39, 0.29) is 5.91 Å². The Hall–Kier alpha value is -1.43. The smallest absolute Gasteiger partial charge is 0.236 e. The summed E-state index contributed by atoms with van der Waals surface area (Å²) in [6.45, 7) is 2.69. The van der Waals surface area contributed by atoms with Crippen molar-refractivity contribution in [3.8, 4) is 0 Å². The summed E-state index contributed by atoms with van der Waals surface area (Å²) < 4.78 is 1.65. The molecule has 0 saturated carbocycles. The Morgan fingerprint density at radius 3 is 3.20 bits per heavy atom. The molecule has 6 heteroatoms. The molecule has 1 amide bonds. The summed E-state index contributed by atoms with van der Waals surface area (Å²) in [6.07, 6.45) is 2.83. The van der Waals surface area contributed by atoms with Gasteiger partial charge in [-0.3, -0.25) is 9.48 Å². The van der Waals surface area contributed by atoms with Crippen molar-refractivity contribution in [1.82, 2.24) is 25.2 Å². The molecule has 1 aliphatic rings. The second-order valence-electron chi connectivity index (χ2n) is 3.73. The van der Waals surface area contributed by atoms with Crippen LogP contribution in [0.25, 0.3) is 0 Å². The van der Waals surface area contributed by atoms with Crippen molar-refractivity contribution < 1.29 is 4.79 Å². The fourth-order valence-electron chi connectivity index (χ4n) is 1.66. The molecule has 0 radical (unpaired) electrons. The lowest BCUT2D eigenvalue weighted by Gasteiger charge is -2.18. The number of hydrogen-bond donors (Lipinski definition) is 1. The van der Waals surface area contributed by atoms with E-state index < -0.39 is 0 Å². The second-order valence-corrected chi connectivity index (χ2v) is 3.73. The maximum Gasteiger partial charge on any atom is 0.236 e. The number of rotatable bonds is 2. The van der Waals surface area contributed by atoms with Crippen molar-refractivity contribution in [3.05, 3.63) is 11.9 Å². The zero-order valence-corrected chi connectivity index (χ0v) is 8.81. The Labute approximate surface area is 88.2 Å². The van der Waals surface area contributed by atoms with E-state index in [0.29, 0.717) is 13.1 Å².